The maximum absolute atomic E-state index is 5.94. The summed E-state index contributed by atoms with van der Waals surface area (Å²) in [6, 6.07) is 4.04. The van der Waals surface area contributed by atoms with Crippen molar-refractivity contribution in [3.05, 3.63) is 28.5 Å². The van der Waals surface area contributed by atoms with Crippen LogP contribution in [0.1, 0.15) is 17.7 Å². The lowest BCUT2D eigenvalue weighted by molar-refractivity contribution is 0.927. The first kappa shape index (κ1) is 10.0. The average Bonchev–Trinajstić information content (AvgIpc) is 2.03. The molecule has 12 heavy (non-hydrogen) atoms. The zero-order valence-corrected chi connectivity index (χ0v) is 9.32. The van der Waals surface area contributed by atoms with Crippen LogP contribution in [0.4, 0.5) is 0 Å². The van der Waals surface area contributed by atoms with E-state index in [0.717, 1.165) is 29.4 Å². The molecule has 0 aliphatic carbocycles. The van der Waals surface area contributed by atoms with Crippen LogP contribution in [0, 0.1) is 6.92 Å². The SMILES string of the molecule is Cc1ccc(CCCBr)c(Cl)n1. The Morgan fingerprint density at radius 3 is 2.83 bits per heavy atom. The van der Waals surface area contributed by atoms with Gasteiger partial charge in [-0.15, -0.1) is 0 Å². The third kappa shape index (κ3) is 2.76. The van der Waals surface area contributed by atoms with E-state index in [1.807, 2.05) is 19.1 Å². The Labute approximate surface area is 86.3 Å². The van der Waals surface area contributed by atoms with E-state index < -0.39 is 0 Å². The molecule has 0 bridgehead atoms. The van der Waals surface area contributed by atoms with Crippen LogP contribution in [-0.4, -0.2) is 10.3 Å². The van der Waals surface area contributed by atoms with Crippen molar-refractivity contribution in [3.8, 4) is 0 Å². The number of aromatic nitrogens is 1. The molecular formula is C9H11BrClN. The molecule has 0 spiro atoms. The predicted molar refractivity (Wildman–Crippen MR) is 56.1 cm³/mol. The van der Waals surface area contributed by atoms with E-state index in [-0.39, 0.29) is 0 Å². The van der Waals surface area contributed by atoms with Gasteiger partial charge in [-0.2, -0.15) is 0 Å². The fourth-order valence-corrected chi connectivity index (χ4v) is 1.57. The zero-order valence-electron chi connectivity index (χ0n) is 6.98. The Hall–Kier alpha value is -0.0800. The molecule has 0 aromatic carbocycles. The van der Waals surface area contributed by atoms with Crippen molar-refractivity contribution in [1.82, 2.24) is 4.98 Å². The highest BCUT2D eigenvalue weighted by Gasteiger charge is 2.00. The molecule has 3 heteroatoms. The van der Waals surface area contributed by atoms with Crippen LogP contribution in [0.15, 0.2) is 12.1 Å². The van der Waals surface area contributed by atoms with Crippen molar-refractivity contribution < 1.29 is 0 Å². The third-order valence-electron chi connectivity index (χ3n) is 1.64. The molecule has 0 aliphatic heterocycles. The van der Waals surface area contributed by atoms with E-state index in [1.54, 1.807) is 0 Å². The van der Waals surface area contributed by atoms with Gasteiger partial charge >= 0.3 is 0 Å². The molecule has 1 aromatic rings. The van der Waals surface area contributed by atoms with E-state index in [1.165, 1.54) is 0 Å². The van der Waals surface area contributed by atoms with E-state index in [9.17, 15) is 0 Å². The lowest BCUT2D eigenvalue weighted by atomic mass is 10.1. The van der Waals surface area contributed by atoms with Gasteiger partial charge in [-0.3, -0.25) is 0 Å². The molecule has 0 radical (unpaired) electrons. The van der Waals surface area contributed by atoms with Crippen LogP contribution in [0.25, 0.3) is 0 Å². The molecule has 1 heterocycles. The van der Waals surface area contributed by atoms with Gasteiger partial charge in [0.1, 0.15) is 5.15 Å². The summed E-state index contributed by atoms with van der Waals surface area (Å²) in [6.07, 6.45) is 2.10. The molecule has 0 aliphatic rings. The predicted octanol–water partition coefficient (Wildman–Crippen LogP) is 3.37. The highest BCUT2D eigenvalue weighted by molar-refractivity contribution is 9.09. The minimum absolute atomic E-state index is 0.649. The van der Waals surface area contributed by atoms with Crippen LogP contribution in [0.2, 0.25) is 5.15 Å². The minimum Gasteiger partial charge on any atom is -0.241 e. The maximum Gasteiger partial charge on any atom is 0.132 e. The maximum atomic E-state index is 5.94. The van der Waals surface area contributed by atoms with Gasteiger partial charge in [0.05, 0.1) is 0 Å². The summed E-state index contributed by atoms with van der Waals surface area (Å²) in [4.78, 5) is 4.18. The van der Waals surface area contributed by atoms with Crippen molar-refractivity contribution in [2.75, 3.05) is 5.33 Å². The van der Waals surface area contributed by atoms with E-state index in [2.05, 4.69) is 20.9 Å². The van der Waals surface area contributed by atoms with Gasteiger partial charge in [0.15, 0.2) is 0 Å². The smallest absolute Gasteiger partial charge is 0.132 e. The highest BCUT2D eigenvalue weighted by atomic mass is 79.9. The summed E-state index contributed by atoms with van der Waals surface area (Å²) in [5.74, 6) is 0. The Kier molecular flexibility index (Phi) is 4.02. The molecule has 0 amide bonds. The molecule has 0 saturated heterocycles. The second kappa shape index (κ2) is 4.83. The van der Waals surface area contributed by atoms with Gasteiger partial charge in [0, 0.05) is 11.0 Å². The van der Waals surface area contributed by atoms with E-state index in [0.29, 0.717) is 5.15 Å². The lowest BCUT2D eigenvalue weighted by Gasteiger charge is -2.02. The molecule has 0 fully saturated rings. The van der Waals surface area contributed by atoms with Crippen molar-refractivity contribution in [3.63, 3.8) is 0 Å². The molecule has 1 nitrogen and oxygen atoms in total. The number of alkyl halides is 1. The first-order valence-electron chi connectivity index (χ1n) is 3.92. The molecule has 0 atom stereocenters. The number of aryl methyl sites for hydroxylation is 2. The Morgan fingerprint density at radius 2 is 2.25 bits per heavy atom. The molecule has 0 saturated carbocycles. The van der Waals surface area contributed by atoms with E-state index >= 15 is 0 Å². The first-order valence-corrected chi connectivity index (χ1v) is 5.42. The van der Waals surface area contributed by atoms with Crippen LogP contribution >= 0.6 is 27.5 Å². The number of rotatable bonds is 3. The summed E-state index contributed by atoms with van der Waals surface area (Å²) in [7, 11) is 0. The van der Waals surface area contributed by atoms with Crippen molar-refractivity contribution in [1.29, 1.82) is 0 Å². The summed E-state index contributed by atoms with van der Waals surface area (Å²) in [5.41, 5.74) is 2.12. The monoisotopic (exact) mass is 247 g/mol. The minimum atomic E-state index is 0.649. The van der Waals surface area contributed by atoms with Crippen LogP contribution in [0.5, 0.6) is 0 Å². The molecule has 1 aromatic heterocycles. The topological polar surface area (TPSA) is 12.9 Å². The van der Waals surface area contributed by atoms with Gasteiger partial charge in [-0.05, 0) is 31.4 Å². The number of hydrogen-bond donors (Lipinski definition) is 0. The highest BCUT2D eigenvalue weighted by Crippen LogP contribution is 2.15. The normalized spacial score (nSPS) is 10.2. The Morgan fingerprint density at radius 1 is 1.50 bits per heavy atom. The van der Waals surface area contributed by atoms with Crippen molar-refractivity contribution >= 4 is 27.5 Å². The standard InChI is InChI=1S/C9H11BrClN/c1-7-4-5-8(3-2-6-10)9(11)12-7/h4-5H,2-3,6H2,1H3. The summed E-state index contributed by atoms with van der Waals surface area (Å²) < 4.78 is 0. The molecule has 0 N–H and O–H groups in total. The van der Waals surface area contributed by atoms with E-state index in [4.69, 9.17) is 11.6 Å². The fourth-order valence-electron chi connectivity index (χ4n) is 0.998. The third-order valence-corrected chi connectivity index (χ3v) is 2.53. The zero-order chi connectivity index (χ0) is 8.97. The largest absolute Gasteiger partial charge is 0.241 e. The molecular weight excluding hydrogens is 237 g/mol. The van der Waals surface area contributed by atoms with Crippen molar-refractivity contribution in [2.24, 2.45) is 0 Å². The molecule has 1 rings (SSSR count). The lowest BCUT2D eigenvalue weighted by Crippen LogP contribution is -1.91. The van der Waals surface area contributed by atoms with Gasteiger partial charge < -0.3 is 0 Å². The van der Waals surface area contributed by atoms with Crippen LogP contribution in [0.3, 0.4) is 0 Å². The Bertz CT molecular complexity index is 263. The summed E-state index contributed by atoms with van der Waals surface area (Å²) in [5, 5.41) is 1.66. The first-order chi connectivity index (χ1) is 5.74. The van der Waals surface area contributed by atoms with Crippen LogP contribution < -0.4 is 0 Å². The van der Waals surface area contributed by atoms with Gasteiger partial charge in [-0.25, -0.2) is 4.98 Å². The molecule has 66 valence electrons. The number of nitrogens with zero attached hydrogens (tertiary/aromatic N) is 1. The second-order valence-corrected chi connectivity index (χ2v) is 3.85. The Balaban J connectivity index is 2.72. The number of halogens is 2. The van der Waals surface area contributed by atoms with Gasteiger partial charge in [0.25, 0.3) is 0 Å². The second-order valence-electron chi connectivity index (χ2n) is 2.70. The molecule has 0 unspecified atom stereocenters. The average molecular weight is 249 g/mol. The van der Waals surface area contributed by atoms with Crippen molar-refractivity contribution in [2.45, 2.75) is 19.8 Å². The summed E-state index contributed by atoms with van der Waals surface area (Å²) >= 11 is 9.32. The fraction of sp³-hybridized carbons (Fsp3) is 0.444. The number of pyridine rings is 1. The quantitative estimate of drug-likeness (QED) is 0.590. The number of hydrogen-bond acceptors (Lipinski definition) is 1. The van der Waals surface area contributed by atoms with Gasteiger partial charge in [-0.1, -0.05) is 33.6 Å². The van der Waals surface area contributed by atoms with Gasteiger partial charge in [0.2, 0.25) is 0 Å². The van der Waals surface area contributed by atoms with Crippen LogP contribution in [-0.2, 0) is 6.42 Å². The summed E-state index contributed by atoms with van der Waals surface area (Å²) in [6.45, 7) is 1.94.